The molecule has 4 nitrogen and oxygen atoms in total. The highest BCUT2D eigenvalue weighted by Gasteiger charge is 2.39. The molecule has 1 aliphatic rings. The van der Waals surface area contributed by atoms with E-state index in [9.17, 15) is 5.11 Å². The molecule has 4 heteroatoms. The van der Waals surface area contributed by atoms with Gasteiger partial charge in [-0.25, -0.2) is 0 Å². The molecule has 2 atom stereocenters. The predicted molar refractivity (Wildman–Crippen MR) is 102 cm³/mol. The van der Waals surface area contributed by atoms with E-state index >= 15 is 0 Å². The van der Waals surface area contributed by atoms with Gasteiger partial charge < -0.3 is 5.11 Å². The summed E-state index contributed by atoms with van der Waals surface area (Å²) in [7, 11) is 0. The van der Waals surface area contributed by atoms with Crippen molar-refractivity contribution < 1.29 is 5.11 Å². The molecule has 0 saturated carbocycles. The maximum absolute atomic E-state index is 11.2. The van der Waals surface area contributed by atoms with Crippen LogP contribution in [-0.2, 0) is 5.72 Å². The van der Waals surface area contributed by atoms with Crippen molar-refractivity contribution in [1.29, 1.82) is 0 Å². The maximum Gasteiger partial charge on any atom is 0.202 e. The molecule has 1 aromatic carbocycles. The van der Waals surface area contributed by atoms with E-state index in [0.29, 0.717) is 0 Å². The minimum Gasteiger partial charge on any atom is -0.364 e. The largest absolute Gasteiger partial charge is 0.364 e. The van der Waals surface area contributed by atoms with Crippen molar-refractivity contribution in [3.05, 3.63) is 48.1 Å². The highest BCUT2D eigenvalue weighted by Crippen LogP contribution is 2.43. The van der Waals surface area contributed by atoms with E-state index in [2.05, 4.69) is 50.9 Å². The summed E-state index contributed by atoms with van der Waals surface area (Å²) in [5, 5.41) is 20.2. The molecule has 2 aromatic rings. The molecule has 25 heavy (non-hydrogen) atoms. The Morgan fingerprint density at radius 2 is 1.64 bits per heavy atom. The summed E-state index contributed by atoms with van der Waals surface area (Å²) in [6.07, 6.45) is 7.13. The van der Waals surface area contributed by atoms with Gasteiger partial charge in [-0.15, -0.1) is 4.80 Å². The van der Waals surface area contributed by atoms with Crippen molar-refractivity contribution in [3.63, 3.8) is 0 Å². The third-order valence-electron chi connectivity index (χ3n) is 4.97. The SMILES string of the molecule is CC1C=C(C(C)(C)CC(C)(C)C)C=CC1(O)n1nc2ccccc2n1. The first kappa shape index (κ1) is 17.9. The molecule has 0 bridgehead atoms. The lowest BCUT2D eigenvalue weighted by molar-refractivity contribution is -0.0464. The van der Waals surface area contributed by atoms with Gasteiger partial charge in [-0.3, -0.25) is 0 Å². The number of rotatable bonds is 3. The highest BCUT2D eigenvalue weighted by atomic mass is 16.3. The average Bonchev–Trinajstić information content (AvgIpc) is 2.92. The van der Waals surface area contributed by atoms with Gasteiger partial charge in [0, 0.05) is 5.92 Å². The smallest absolute Gasteiger partial charge is 0.202 e. The fraction of sp³-hybridized carbons (Fsp3) is 0.524. The minimum atomic E-state index is -1.24. The van der Waals surface area contributed by atoms with E-state index in [4.69, 9.17) is 0 Å². The second-order valence-electron chi connectivity index (χ2n) is 9.13. The molecule has 0 saturated heterocycles. The Morgan fingerprint density at radius 1 is 1.08 bits per heavy atom. The third kappa shape index (κ3) is 3.40. The molecule has 1 heterocycles. The second-order valence-corrected chi connectivity index (χ2v) is 9.13. The molecular formula is C21H29N3O. The van der Waals surface area contributed by atoms with Gasteiger partial charge in [0.15, 0.2) is 0 Å². The molecule has 0 aliphatic heterocycles. The summed E-state index contributed by atoms with van der Waals surface area (Å²) < 4.78 is 0. The average molecular weight is 339 g/mol. The van der Waals surface area contributed by atoms with Crippen molar-refractivity contribution in [1.82, 2.24) is 15.0 Å². The molecule has 3 rings (SSSR count). The van der Waals surface area contributed by atoms with Crippen LogP contribution in [0.4, 0.5) is 0 Å². The van der Waals surface area contributed by atoms with Crippen molar-refractivity contribution in [2.75, 3.05) is 0 Å². The van der Waals surface area contributed by atoms with Gasteiger partial charge in [-0.1, -0.05) is 65.8 Å². The summed E-state index contributed by atoms with van der Waals surface area (Å²) >= 11 is 0. The molecule has 1 aliphatic carbocycles. The molecule has 134 valence electrons. The van der Waals surface area contributed by atoms with Crippen LogP contribution in [0.3, 0.4) is 0 Å². The van der Waals surface area contributed by atoms with Crippen LogP contribution < -0.4 is 0 Å². The van der Waals surface area contributed by atoms with E-state index in [-0.39, 0.29) is 16.7 Å². The molecule has 1 N–H and O–H groups in total. The number of benzene rings is 1. The molecular weight excluding hydrogens is 310 g/mol. The van der Waals surface area contributed by atoms with Crippen molar-refractivity contribution in [2.24, 2.45) is 16.7 Å². The Morgan fingerprint density at radius 3 is 2.12 bits per heavy atom. The van der Waals surface area contributed by atoms with Gasteiger partial charge in [0.2, 0.25) is 5.72 Å². The Hall–Kier alpha value is -1.94. The summed E-state index contributed by atoms with van der Waals surface area (Å²) in [5.41, 5.74) is 1.90. The summed E-state index contributed by atoms with van der Waals surface area (Å²) in [6, 6.07) is 7.68. The van der Waals surface area contributed by atoms with E-state index in [1.807, 2.05) is 43.3 Å². The number of nitrogens with zero attached hydrogens (tertiary/aromatic N) is 3. The van der Waals surface area contributed by atoms with Crippen LogP contribution in [-0.4, -0.2) is 20.1 Å². The molecule has 0 radical (unpaired) electrons. The van der Waals surface area contributed by atoms with E-state index in [1.54, 1.807) is 0 Å². The summed E-state index contributed by atoms with van der Waals surface area (Å²) in [6.45, 7) is 13.4. The fourth-order valence-electron chi connectivity index (χ4n) is 3.96. The second kappa shape index (κ2) is 5.80. The van der Waals surface area contributed by atoms with Crippen LogP contribution in [0.2, 0.25) is 0 Å². The molecule has 0 amide bonds. The predicted octanol–water partition coefficient (Wildman–Crippen LogP) is 4.67. The molecule has 0 spiro atoms. The first-order chi connectivity index (χ1) is 11.5. The lowest BCUT2D eigenvalue weighted by Crippen LogP contribution is -2.41. The van der Waals surface area contributed by atoms with Crippen molar-refractivity contribution in [3.8, 4) is 0 Å². The topological polar surface area (TPSA) is 50.9 Å². The first-order valence-electron chi connectivity index (χ1n) is 8.98. The normalized spacial score (nSPS) is 24.6. The summed E-state index contributed by atoms with van der Waals surface area (Å²) in [5.74, 6) is -0.117. The van der Waals surface area contributed by atoms with Gasteiger partial charge >= 0.3 is 0 Å². The monoisotopic (exact) mass is 339 g/mol. The third-order valence-corrected chi connectivity index (χ3v) is 4.97. The highest BCUT2D eigenvalue weighted by molar-refractivity contribution is 5.73. The number of aliphatic hydroxyl groups is 1. The first-order valence-corrected chi connectivity index (χ1v) is 8.98. The lowest BCUT2D eigenvalue weighted by atomic mass is 9.69. The number of fused-ring (bicyclic) bond motifs is 1. The van der Waals surface area contributed by atoms with Gasteiger partial charge in [-0.2, -0.15) is 10.2 Å². The molecule has 0 fully saturated rings. The Labute approximate surface area is 150 Å². The Kier molecular flexibility index (Phi) is 4.15. The zero-order valence-electron chi connectivity index (χ0n) is 16.1. The standard InChI is InChI=1S/C21H29N3O/c1-15-13-16(20(5,6)14-19(2,3)4)11-12-21(15,25)24-22-17-9-7-8-10-18(17)23-24/h7-13,15,25H,14H2,1-6H3. The Balaban J connectivity index is 1.92. The number of aromatic nitrogens is 3. The van der Waals surface area contributed by atoms with E-state index < -0.39 is 5.72 Å². The van der Waals surface area contributed by atoms with Crippen molar-refractivity contribution in [2.45, 2.75) is 53.7 Å². The zero-order valence-corrected chi connectivity index (χ0v) is 16.1. The lowest BCUT2D eigenvalue weighted by Gasteiger charge is -2.38. The van der Waals surface area contributed by atoms with Crippen LogP contribution in [0.25, 0.3) is 11.0 Å². The number of allylic oxidation sites excluding steroid dienone is 2. The number of hydrogen-bond acceptors (Lipinski definition) is 3. The molecule has 2 unspecified atom stereocenters. The molecule has 1 aromatic heterocycles. The zero-order chi connectivity index (χ0) is 18.5. The van der Waals surface area contributed by atoms with E-state index in [1.165, 1.54) is 10.4 Å². The fourth-order valence-corrected chi connectivity index (χ4v) is 3.96. The van der Waals surface area contributed by atoms with Crippen LogP contribution in [0.5, 0.6) is 0 Å². The van der Waals surface area contributed by atoms with Gasteiger partial charge in [0.25, 0.3) is 0 Å². The van der Waals surface area contributed by atoms with Gasteiger partial charge in [0.05, 0.1) is 0 Å². The van der Waals surface area contributed by atoms with Crippen LogP contribution >= 0.6 is 0 Å². The Bertz CT molecular complexity index is 805. The van der Waals surface area contributed by atoms with Crippen LogP contribution in [0, 0.1) is 16.7 Å². The van der Waals surface area contributed by atoms with Crippen LogP contribution in [0.15, 0.2) is 48.1 Å². The minimum absolute atomic E-state index is 0.0482. The maximum atomic E-state index is 11.2. The van der Waals surface area contributed by atoms with Gasteiger partial charge in [0.1, 0.15) is 11.0 Å². The van der Waals surface area contributed by atoms with Crippen molar-refractivity contribution >= 4 is 11.0 Å². The van der Waals surface area contributed by atoms with Gasteiger partial charge in [-0.05, 0) is 41.0 Å². The quantitative estimate of drug-likeness (QED) is 0.884. The number of hydrogen-bond donors (Lipinski definition) is 1. The summed E-state index contributed by atoms with van der Waals surface area (Å²) in [4.78, 5) is 1.45. The van der Waals surface area contributed by atoms with E-state index in [0.717, 1.165) is 17.5 Å². The van der Waals surface area contributed by atoms with Crippen LogP contribution in [0.1, 0.15) is 48.0 Å².